The first-order valence-corrected chi connectivity index (χ1v) is 7.37. The van der Waals surface area contributed by atoms with Crippen LogP contribution in [-0.4, -0.2) is 27.9 Å². The average Bonchev–Trinajstić information content (AvgIpc) is 2.64. The first-order valence-electron chi connectivity index (χ1n) is 6.49. The summed E-state index contributed by atoms with van der Waals surface area (Å²) >= 11 is 1.61. The average molecular weight is 267 g/mol. The van der Waals surface area contributed by atoms with Gasteiger partial charge in [-0.25, -0.2) is 4.98 Å². The number of hydrogen-bond donors (Lipinski definition) is 1. The van der Waals surface area contributed by atoms with Crippen LogP contribution >= 0.6 is 11.3 Å². The van der Waals surface area contributed by atoms with Crippen LogP contribution in [0.15, 0.2) is 5.38 Å². The number of hydrogen-bond acceptors (Lipinski definition) is 4. The van der Waals surface area contributed by atoms with Crippen molar-refractivity contribution in [2.24, 2.45) is 5.73 Å². The topological polar surface area (TPSA) is 59.2 Å². The molecule has 4 nitrogen and oxygen atoms in total. The Morgan fingerprint density at radius 3 is 2.83 bits per heavy atom. The number of rotatable bonds is 2. The minimum atomic E-state index is -0.0568. The van der Waals surface area contributed by atoms with E-state index in [0.29, 0.717) is 6.42 Å². The van der Waals surface area contributed by atoms with Crippen LogP contribution in [0, 0.1) is 6.92 Å². The van der Waals surface area contributed by atoms with Crippen molar-refractivity contribution < 1.29 is 4.79 Å². The minimum Gasteiger partial charge on any atom is -0.329 e. The lowest BCUT2D eigenvalue weighted by Gasteiger charge is -2.35. The molecule has 1 aliphatic rings. The van der Waals surface area contributed by atoms with Gasteiger partial charge in [0.15, 0.2) is 0 Å². The number of amides is 1. The summed E-state index contributed by atoms with van der Waals surface area (Å²) in [7, 11) is 0. The Bertz CT molecular complexity index is 430. The molecule has 2 rings (SSSR count). The quantitative estimate of drug-likeness (QED) is 0.894. The molecule has 1 aromatic heterocycles. The van der Waals surface area contributed by atoms with Gasteiger partial charge in [-0.1, -0.05) is 0 Å². The van der Waals surface area contributed by atoms with Crippen molar-refractivity contribution in [3.05, 3.63) is 16.1 Å². The number of nitrogens with two attached hydrogens (primary N) is 1. The molecule has 1 fully saturated rings. The summed E-state index contributed by atoms with van der Waals surface area (Å²) in [6.07, 6.45) is 2.37. The highest BCUT2D eigenvalue weighted by molar-refractivity contribution is 7.09. The van der Waals surface area contributed by atoms with E-state index in [2.05, 4.69) is 4.98 Å². The Kier molecular flexibility index (Phi) is 4.02. The smallest absolute Gasteiger partial charge is 0.223 e. The molecule has 0 spiro atoms. The van der Waals surface area contributed by atoms with Crippen molar-refractivity contribution in [2.45, 2.75) is 58.2 Å². The molecule has 1 aliphatic heterocycles. The molecule has 2 heterocycles. The molecule has 2 unspecified atom stereocenters. The first kappa shape index (κ1) is 13.5. The third-order valence-electron chi connectivity index (χ3n) is 3.37. The zero-order chi connectivity index (χ0) is 13.3. The Hall–Kier alpha value is -0.940. The monoisotopic (exact) mass is 267 g/mol. The van der Waals surface area contributed by atoms with E-state index in [1.165, 1.54) is 0 Å². The van der Waals surface area contributed by atoms with Crippen LogP contribution in [-0.2, 0) is 4.79 Å². The zero-order valence-corrected chi connectivity index (χ0v) is 12.0. The second-order valence-electron chi connectivity index (χ2n) is 5.22. The van der Waals surface area contributed by atoms with Crippen molar-refractivity contribution in [3.8, 4) is 0 Å². The Balaban J connectivity index is 2.38. The van der Waals surface area contributed by atoms with Crippen molar-refractivity contribution in [1.82, 2.24) is 9.88 Å². The fraction of sp³-hybridized carbons (Fsp3) is 0.692. The number of nitrogens with zero attached hydrogens (tertiary/aromatic N) is 2. The van der Waals surface area contributed by atoms with Gasteiger partial charge in [0.1, 0.15) is 5.01 Å². The highest BCUT2D eigenvalue weighted by Gasteiger charge is 2.35. The predicted molar refractivity (Wildman–Crippen MR) is 73.4 cm³/mol. The summed E-state index contributed by atoms with van der Waals surface area (Å²) in [5.41, 5.74) is 7.29. The van der Waals surface area contributed by atoms with Crippen molar-refractivity contribution in [1.29, 1.82) is 0 Å². The lowest BCUT2D eigenvalue weighted by atomic mass is 10.0. The molecule has 2 N–H and O–H groups in total. The fourth-order valence-electron chi connectivity index (χ4n) is 2.56. The van der Waals surface area contributed by atoms with Crippen LogP contribution < -0.4 is 5.73 Å². The van der Waals surface area contributed by atoms with Gasteiger partial charge in [-0.3, -0.25) is 4.79 Å². The molecule has 0 bridgehead atoms. The molecule has 18 heavy (non-hydrogen) atoms. The molecular weight excluding hydrogens is 246 g/mol. The van der Waals surface area contributed by atoms with Crippen molar-refractivity contribution >= 4 is 17.2 Å². The van der Waals surface area contributed by atoms with Crippen LogP contribution in [0.5, 0.6) is 0 Å². The van der Waals surface area contributed by atoms with Gasteiger partial charge in [0.05, 0.1) is 6.04 Å². The van der Waals surface area contributed by atoms with Crippen LogP contribution in [0.2, 0.25) is 0 Å². The fourth-order valence-corrected chi connectivity index (χ4v) is 3.53. The summed E-state index contributed by atoms with van der Waals surface area (Å²) in [5, 5.41) is 3.00. The molecule has 5 heteroatoms. The van der Waals surface area contributed by atoms with E-state index in [-0.39, 0.29) is 24.0 Å². The van der Waals surface area contributed by atoms with Crippen molar-refractivity contribution in [2.75, 3.05) is 0 Å². The maximum atomic E-state index is 12.2. The molecule has 0 aromatic carbocycles. The predicted octanol–water partition coefficient (Wildman–Crippen LogP) is 2.24. The molecule has 0 saturated carbocycles. The second-order valence-corrected chi connectivity index (χ2v) is 6.11. The van der Waals surface area contributed by atoms with E-state index in [9.17, 15) is 4.79 Å². The van der Waals surface area contributed by atoms with E-state index in [1.807, 2.05) is 31.1 Å². The number of aromatic nitrogens is 1. The molecule has 0 aliphatic carbocycles. The SMILES string of the molecule is Cc1csc(C2C(N)CCCC(=O)N2C(C)C)n1. The zero-order valence-electron chi connectivity index (χ0n) is 11.2. The molecular formula is C13H21N3OS. The number of carbonyl (C=O) groups excluding carboxylic acids is 1. The maximum Gasteiger partial charge on any atom is 0.223 e. The van der Waals surface area contributed by atoms with Gasteiger partial charge < -0.3 is 10.6 Å². The molecule has 1 aromatic rings. The van der Waals surface area contributed by atoms with Crippen LogP contribution in [0.1, 0.15) is 49.9 Å². The third-order valence-corrected chi connectivity index (χ3v) is 4.40. The summed E-state index contributed by atoms with van der Waals surface area (Å²) in [6.45, 7) is 6.07. The Morgan fingerprint density at radius 1 is 1.56 bits per heavy atom. The normalized spacial score (nSPS) is 25.6. The van der Waals surface area contributed by atoms with E-state index in [0.717, 1.165) is 23.5 Å². The maximum absolute atomic E-state index is 12.2. The first-order chi connectivity index (χ1) is 8.50. The molecule has 100 valence electrons. The summed E-state index contributed by atoms with van der Waals surface area (Å²) in [6, 6.07) is 0.0963. The third kappa shape index (κ3) is 2.57. The van der Waals surface area contributed by atoms with E-state index in [4.69, 9.17) is 5.73 Å². The van der Waals surface area contributed by atoms with Crippen molar-refractivity contribution in [3.63, 3.8) is 0 Å². The number of aryl methyl sites for hydroxylation is 1. The van der Waals surface area contributed by atoms with E-state index >= 15 is 0 Å². The number of likely N-dealkylation sites (tertiary alicyclic amines) is 1. The Labute approximate surface area is 112 Å². The summed E-state index contributed by atoms with van der Waals surface area (Å²) in [5.74, 6) is 0.204. The second kappa shape index (κ2) is 5.36. The molecule has 0 radical (unpaired) electrons. The lowest BCUT2D eigenvalue weighted by Crippen LogP contribution is -2.45. The highest BCUT2D eigenvalue weighted by Crippen LogP contribution is 2.33. The Morgan fingerprint density at radius 2 is 2.28 bits per heavy atom. The summed E-state index contributed by atoms with van der Waals surface area (Å²) < 4.78 is 0. The van der Waals surface area contributed by atoms with E-state index < -0.39 is 0 Å². The van der Waals surface area contributed by atoms with Crippen LogP contribution in [0.3, 0.4) is 0 Å². The highest BCUT2D eigenvalue weighted by atomic mass is 32.1. The van der Waals surface area contributed by atoms with Gasteiger partial charge in [-0.15, -0.1) is 11.3 Å². The number of thiazole rings is 1. The van der Waals surface area contributed by atoms with Gasteiger partial charge in [-0.2, -0.15) is 0 Å². The van der Waals surface area contributed by atoms with Gasteiger partial charge in [0.2, 0.25) is 5.91 Å². The van der Waals surface area contributed by atoms with Crippen LogP contribution in [0.4, 0.5) is 0 Å². The molecule has 1 amide bonds. The van der Waals surface area contributed by atoms with Crippen LogP contribution in [0.25, 0.3) is 0 Å². The molecule has 2 atom stereocenters. The largest absolute Gasteiger partial charge is 0.329 e. The standard InChI is InChI=1S/C13H21N3OS/c1-8(2)16-11(17)6-4-5-10(14)12(16)13-15-9(3)7-18-13/h7-8,10,12H,4-6,14H2,1-3H3. The number of carbonyl (C=O) groups is 1. The van der Waals surface area contributed by atoms with Gasteiger partial charge in [-0.05, 0) is 33.6 Å². The van der Waals surface area contributed by atoms with E-state index in [1.54, 1.807) is 11.3 Å². The molecule has 1 saturated heterocycles. The van der Waals surface area contributed by atoms with Gasteiger partial charge >= 0.3 is 0 Å². The van der Waals surface area contributed by atoms with Gasteiger partial charge in [0.25, 0.3) is 0 Å². The van der Waals surface area contributed by atoms with Gasteiger partial charge in [0, 0.05) is 29.6 Å². The minimum absolute atomic E-state index is 0.00981. The summed E-state index contributed by atoms with van der Waals surface area (Å²) in [4.78, 5) is 18.7. The lowest BCUT2D eigenvalue weighted by molar-refractivity contribution is -0.135.